The normalized spacial score (nSPS) is 24.4. The topological polar surface area (TPSA) is 30.5 Å². The van der Waals surface area contributed by atoms with Gasteiger partial charge in [0.1, 0.15) is 0 Å². The standard InChI is InChI=1S/C12H25NO2/c1-3-5-11-10-12(11)13-6-9-15-8-4-7-14-2/h11-13H,3-10H2,1-2H3. The van der Waals surface area contributed by atoms with Crippen molar-refractivity contribution in [3.8, 4) is 0 Å². The van der Waals surface area contributed by atoms with Crippen LogP contribution in [0.1, 0.15) is 32.6 Å². The lowest BCUT2D eigenvalue weighted by atomic mass is 10.2. The van der Waals surface area contributed by atoms with Crippen LogP contribution in [-0.2, 0) is 9.47 Å². The summed E-state index contributed by atoms with van der Waals surface area (Å²) in [6, 6.07) is 0.785. The Labute approximate surface area is 93.5 Å². The molecule has 2 unspecified atom stereocenters. The minimum atomic E-state index is 0.785. The summed E-state index contributed by atoms with van der Waals surface area (Å²) in [5.41, 5.74) is 0. The summed E-state index contributed by atoms with van der Waals surface area (Å²) in [5.74, 6) is 0.948. The third kappa shape index (κ3) is 6.13. The molecule has 0 aromatic carbocycles. The van der Waals surface area contributed by atoms with Crippen LogP contribution in [0.15, 0.2) is 0 Å². The van der Waals surface area contributed by atoms with Crippen LogP contribution in [0, 0.1) is 5.92 Å². The van der Waals surface area contributed by atoms with Crippen LogP contribution < -0.4 is 5.32 Å². The highest BCUT2D eigenvalue weighted by Crippen LogP contribution is 2.34. The van der Waals surface area contributed by atoms with Crippen molar-refractivity contribution in [2.75, 3.05) is 33.5 Å². The first-order valence-corrected chi connectivity index (χ1v) is 6.18. The lowest BCUT2D eigenvalue weighted by molar-refractivity contribution is 0.104. The third-order valence-electron chi connectivity index (χ3n) is 2.87. The van der Waals surface area contributed by atoms with Crippen LogP contribution >= 0.6 is 0 Å². The maximum Gasteiger partial charge on any atom is 0.0591 e. The van der Waals surface area contributed by atoms with Crippen molar-refractivity contribution in [3.05, 3.63) is 0 Å². The Balaban J connectivity index is 1.75. The molecule has 0 amide bonds. The first-order chi connectivity index (χ1) is 7.38. The second-order valence-electron chi connectivity index (χ2n) is 4.30. The smallest absolute Gasteiger partial charge is 0.0591 e. The zero-order valence-electron chi connectivity index (χ0n) is 10.1. The molecule has 0 bridgehead atoms. The van der Waals surface area contributed by atoms with Gasteiger partial charge in [-0.3, -0.25) is 0 Å². The molecule has 0 spiro atoms. The molecule has 0 radical (unpaired) electrons. The Kier molecular flexibility index (Phi) is 6.98. The summed E-state index contributed by atoms with van der Waals surface area (Å²) >= 11 is 0. The number of hydrogen-bond acceptors (Lipinski definition) is 3. The second-order valence-corrected chi connectivity index (χ2v) is 4.30. The van der Waals surface area contributed by atoms with Gasteiger partial charge in [0.2, 0.25) is 0 Å². The predicted octanol–water partition coefficient (Wildman–Crippen LogP) is 1.82. The monoisotopic (exact) mass is 215 g/mol. The van der Waals surface area contributed by atoms with Crippen LogP contribution in [-0.4, -0.2) is 39.5 Å². The molecule has 3 nitrogen and oxygen atoms in total. The molecule has 3 heteroatoms. The molecule has 1 rings (SSSR count). The average Bonchev–Trinajstić information content (AvgIpc) is 2.96. The summed E-state index contributed by atoms with van der Waals surface area (Å²) in [6.45, 7) is 5.71. The molecular weight excluding hydrogens is 190 g/mol. The van der Waals surface area contributed by atoms with Crippen molar-refractivity contribution in [1.82, 2.24) is 5.32 Å². The fourth-order valence-corrected chi connectivity index (χ4v) is 1.91. The maximum atomic E-state index is 5.47. The van der Waals surface area contributed by atoms with Gasteiger partial charge in [-0.1, -0.05) is 13.3 Å². The minimum absolute atomic E-state index is 0.785. The molecule has 0 aromatic heterocycles. The fourth-order valence-electron chi connectivity index (χ4n) is 1.91. The van der Waals surface area contributed by atoms with E-state index in [9.17, 15) is 0 Å². The van der Waals surface area contributed by atoms with Crippen molar-refractivity contribution in [3.63, 3.8) is 0 Å². The van der Waals surface area contributed by atoms with Gasteiger partial charge in [-0.2, -0.15) is 0 Å². The predicted molar refractivity (Wildman–Crippen MR) is 62.1 cm³/mol. The van der Waals surface area contributed by atoms with E-state index in [4.69, 9.17) is 9.47 Å². The van der Waals surface area contributed by atoms with Gasteiger partial charge in [0, 0.05) is 32.9 Å². The van der Waals surface area contributed by atoms with E-state index >= 15 is 0 Å². The maximum absolute atomic E-state index is 5.47. The molecule has 1 aliphatic carbocycles. The molecule has 0 aliphatic heterocycles. The van der Waals surface area contributed by atoms with Gasteiger partial charge < -0.3 is 14.8 Å². The van der Waals surface area contributed by atoms with Crippen molar-refractivity contribution in [2.24, 2.45) is 5.92 Å². The van der Waals surface area contributed by atoms with E-state index in [0.717, 1.165) is 44.7 Å². The zero-order valence-corrected chi connectivity index (χ0v) is 10.1. The molecule has 1 fully saturated rings. The number of rotatable bonds is 10. The number of hydrogen-bond donors (Lipinski definition) is 1. The molecule has 15 heavy (non-hydrogen) atoms. The lowest BCUT2D eigenvalue weighted by Crippen LogP contribution is -2.23. The first kappa shape index (κ1) is 12.9. The Bertz CT molecular complexity index is 153. The highest BCUT2D eigenvalue weighted by Gasteiger charge is 2.34. The van der Waals surface area contributed by atoms with Gasteiger partial charge in [-0.25, -0.2) is 0 Å². The van der Waals surface area contributed by atoms with E-state index in [2.05, 4.69) is 12.2 Å². The Hall–Kier alpha value is -0.120. The van der Waals surface area contributed by atoms with Gasteiger partial charge in [0.25, 0.3) is 0 Å². The molecule has 1 saturated carbocycles. The molecule has 90 valence electrons. The second kappa shape index (κ2) is 8.08. The fraction of sp³-hybridized carbons (Fsp3) is 1.00. The Morgan fingerprint density at radius 2 is 2.13 bits per heavy atom. The van der Waals surface area contributed by atoms with Gasteiger partial charge in [0.15, 0.2) is 0 Å². The lowest BCUT2D eigenvalue weighted by Gasteiger charge is -2.05. The molecule has 0 saturated heterocycles. The molecule has 0 aromatic rings. The Morgan fingerprint density at radius 3 is 2.87 bits per heavy atom. The van der Waals surface area contributed by atoms with Crippen molar-refractivity contribution in [2.45, 2.75) is 38.6 Å². The van der Waals surface area contributed by atoms with Crippen LogP contribution in [0.4, 0.5) is 0 Å². The third-order valence-corrected chi connectivity index (χ3v) is 2.87. The van der Waals surface area contributed by atoms with Crippen LogP contribution in [0.2, 0.25) is 0 Å². The quantitative estimate of drug-likeness (QED) is 0.564. The van der Waals surface area contributed by atoms with Crippen LogP contribution in [0.5, 0.6) is 0 Å². The summed E-state index contributed by atoms with van der Waals surface area (Å²) in [4.78, 5) is 0. The molecular formula is C12H25NO2. The highest BCUT2D eigenvalue weighted by molar-refractivity contribution is 4.92. The number of nitrogens with one attached hydrogen (secondary N) is 1. The van der Waals surface area contributed by atoms with E-state index in [1.54, 1.807) is 7.11 Å². The number of methoxy groups -OCH3 is 1. The summed E-state index contributed by atoms with van der Waals surface area (Å²) in [7, 11) is 1.72. The van der Waals surface area contributed by atoms with E-state index in [0.29, 0.717) is 0 Å². The molecule has 1 aliphatic rings. The van der Waals surface area contributed by atoms with Crippen molar-refractivity contribution < 1.29 is 9.47 Å². The van der Waals surface area contributed by atoms with E-state index in [-0.39, 0.29) is 0 Å². The van der Waals surface area contributed by atoms with Crippen LogP contribution in [0.3, 0.4) is 0 Å². The summed E-state index contributed by atoms with van der Waals surface area (Å²) in [5, 5.41) is 3.53. The first-order valence-electron chi connectivity index (χ1n) is 6.18. The van der Waals surface area contributed by atoms with Gasteiger partial charge in [0.05, 0.1) is 6.61 Å². The SMILES string of the molecule is CCCC1CC1NCCOCCCOC. The van der Waals surface area contributed by atoms with E-state index in [1.165, 1.54) is 19.3 Å². The van der Waals surface area contributed by atoms with E-state index < -0.39 is 0 Å². The zero-order chi connectivity index (χ0) is 10.9. The van der Waals surface area contributed by atoms with Crippen molar-refractivity contribution >= 4 is 0 Å². The average molecular weight is 215 g/mol. The number of ether oxygens (including phenoxy) is 2. The minimum Gasteiger partial charge on any atom is -0.385 e. The van der Waals surface area contributed by atoms with Gasteiger partial charge in [-0.05, 0) is 25.2 Å². The van der Waals surface area contributed by atoms with Crippen molar-refractivity contribution in [1.29, 1.82) is 0 Å². The summed E-state index contributed by atoms with van der Waals surface area (Å²) < 4.78 is 10.4. The largest absolute Gasteiger partial charge is 0.385 e. The molecule has 2 atom stereocenters. The molecule has 0 heterocycles. The Morgan fingerprint density at radius 1 is 1.27 bits per heavy atom. The molecule has 1 N–H and O–H groups in total. The van der Waals surface area contributed by atoms with E-state index in [1.807, 2.05) is 0 Å². The van der Waals surface area contributed by atoms with Gasteiger partial charge in [-0.15, -0.1) is 0 Å². The van der Waals surface area contributed by atoms with Crippen LogP contribution in [0.25, 0.3) is 0 Å². The van der Waals surface area contributed by atoms with Gasteiger partial charge >= 0.3 is 0 Å². The summed E-state index contributed by atoms with van der Waals surface area (Å²) in [6.07, 6.45) is 5.07. The highest BCUT2D eigenvalue weighted by atomic mass is 16.5.